The van der Waals surface area contributed by atoms with E-state index in [0.717, 1.165) is 16.7 Å². The summed E-state index contributed by atoms with van der Waals surface area (Å²) >= 11 is 0. The molecule has 0 aliphatic heterocycles. The normalized spacial score (nSPS) is 14.1. The van der Waals surface area contributed by atoms with Crippen LogP contribution in [-0.4, -0.2) is 27.2 Å². The molecular formula is C26H25N5O4. The standard InChI is InChI=1S/C26H25N5O4/c1-31-21(13-18-8-5-9-22(23(18)31)34-15-16-6-3-2-4-7-16)25(32)28-20-11-10-17(14-27)12-19(20)24-29-26(33)35-30-24/h5,8-13,16H,2-4,6-7,15H2,1H3,(H,28,32)(H,29,30,33). The highest BCUT2D eigenvalue weighted by atomic mass is 16.5. The lowest BCUT2D eigenvalue weighted by Gasteiger charge is -2.22. The molecule has 4 aromatic rings. The second-order valence-electron chi connectivity index (χ2n) is 8.87. The SMILES string of the molecule is Cn1c(C(=O)Nc2ccc(C#N)cc2-c2noc(=O)[nH]2)cc2cccc(OCC3CCCCC3)c21. The average Bonchev–Trinajstić information content (AvgIpc) is 3.47. The summed E-state index contributed by atoms with van der Waals surface area (Å²) in [5, 5.41) is 16.7. The number of amides is 1. The van der Waals surface area contributed by atoms with E-state index in [-0.39, 0.29) is 11.7 Å². The fourth-order valence-electron chi connectivity index (χ4n) is 4.73. The summed E-state index contributed by atoms with van der Waals surface area (Å²) in [5.41, 5.74) is 2.41. The fraction of sp³-hybridized carbons (Fsp3) is 0.308. The molecule has 2 heterocycles. The molecular weight excluding hydrogens is 446 g/mol. The van der Waals surface area contributed by atoms with Gasteiger partial charge in [0, 0.05) is 18.0 Å². The molecule has 2 N–H and O–H groups in total. The van der Waals surface area contributed by atoms with E-state index in [0.29, 0.717) is 35.0 Å². The van der Waals surface area contributed by atoms with Crippen LogP contribution in [0, 0.1) is 17.2 Å². The van der Waals surface area contributed by atoms with Crippen molar-refractivity contribution in [1.82, 2.24) is 14.7 Å². The van der Waals surface area contributed by atoms with E-state index in [1.165, 1.54) is 38.2 Å². The molecule has 0 radical (unpaired) electrons. The number of ether oxygens (including phenoxy) is 1. The van der Waals surface area contributed by atoms with Gasteiger partial charge in [-0.25, -0.2) is 4.79 Å². The van der Waals surface area contributed by atoms with Gasteiger partial charge in [-0.1, -0.05) is 36.6 Å². The molecule has 1 saturated carbocycles. The maximum absolute atomic E-state index is 13.3. The number of carbonyl (C=O) groups excluding carboxylic acids is 1. The van der Waals surface area contributed by atoms with Gasteiger partial charge in [0.15, 0.2) is 5.82 Å². The highest BCUT2D eigenvalue weighted by Crippen LogP contribution is 2.32. The molecule has 2 aromatic carbocycles. The van der Waals surface area contributed by atoms with Gasteiger partial charge in [0.25, 0.3) is 5.91 Å². The third-order valence-corrected chi connectivity index (χ3v) is 6.54. The van der Waals surface area contributed by atoms with Gasteiger partial charge >= 0.3 is 5.76 Å². The van der Waals surface area contributed by atoms with Crippen molar-refractivity contribution in [3.8, 4) is 23.2 Å². The molecule has 0 saturated heterocycles. The number of nitrogens with one attached hydrogen (secondary N) is 2. The average molecular weight is 472 g/mol. The summed E-state index contributed by atoms with van der Waals surface area (Å²) in [5.74, 6) is 0.374. The Morgan fingerprint density at radius 2 is 2.09 bits per heavy atom. The predicted molar refractivity (Wildman–Crippen MR) is 130 cm³/mol. The lowest BCUT2D eigenvalue weighted by atomic mass is 9.90. The Kier molecular flexibility index (Phi) is 6.10. The van der Waals surface area contributed by atoms with Crippen molar-refractivity contribution < 1.29 is 14.1 Å². The number of fused-ring (bicyclic) bond motifs is 1. The predicted octanol–water partition coefficient (Wildman–Crippen LogP) is 4.60. The molecule has 35 heavy (non-hydrogen) atoms. The van der Waals surface area contributed by atoms with Gasteiger partial charge in [-0.15, -0.1) is 0 Å². The molecule has 0 atom stereocenters. The Bertz CT molecular complexity index is 1480. The number of benzene rings is 2. The summed E-state index contributed by atoms with van der Waals surface area (Å²) < 4.78 is 12.6. The number of para-hydroxylation sites is 1. The van der Waals surface area contributed by atoms with Crippen LogP contribution in [0.5, 0.6) is 5.75 Å². The van der Waals surface area contributed by atoms with Crippen LogP contribution >= 0.6 is 0 Å². The number of aryl methyl sites for hydroxylation is 1. The van der Waals surface area contributed by atoms with Gasteiger partial charge in [0.1, 0.15) is 11.4 Å². The highest BCUT2D eigenvalue weighted by molar-refractivity contribution is 6.08. The van der Waals surface area contributed by atoms with Crippen LogP contribution in [0.2, 0.25) is 0 Å². The molecule has 1 aliphatic rings. The van der Waals surface area contributed by atoms with E-state index < -0.39 is 5.76 Å². The number of hydrogen-bond acceptors (Lipinski definition) is 6. The number of carbonyl (C=O) groups is 1. The number of nitriles is 1. The van der Waals surface area contributed by atoms with Crippen molar-refractivity contribution >= 4 is 22.5 Å². The summed E-state index contributed by atoms with van der Waals surface area (Å²) in [6.45, 7) is 0.677. The van der Waals surface area contributed by atoms with Gasteiger partial charge in [-0.3, -0.25) is 14.3 Å². The van der Waals surface area contributed by atoms with Gasteiger partial charge < -0.3 is 14.6 Å². The van der Waals surface area contributed by atoms with Gasteiger partial charge in [0.05, 0.1) is 29.4 Å². The molecule has 9 nitrogen and oxygen atoms in total. The molecule has 1 amide bonds. The van der Waals surface area contributed by atoms with Crippen molar-refractivity contribution in [2.75, 3.05) is 11.9 Å². The molecule has 9 heteroatoms. The summed E-state index contributed by atoms with van der Waals surface area (Å²) in [6.07, 6.45) is 6.20. The van der Waals surface area contributed by atoms with Crippen LogP contribution in [0.4, 0.5) is 5.69 Å². The maximum atomic E-state index is 13.3. The van der Waals surface area contributed by atoms with Crippen molar-refractivity contribution in [2.24, 2.45) is 13.0 Å². The first-order valence-corrected chi connectivity index (χ1v) is 11.7. The van der Waals surface area contributed by atoms with Crippen LogP contribution in [0.1, 0.15) is 48.2 Å². The number of hydrogen-bond donors (Lipinski definition) is 2. The molecule has 0 bridgehead atoms. The molecule has 2 aromatic heterocycles. The van der Waals surface area contributed by atoms with E-state index in [1.807, 2.05) is 41.9 Å². The molecule has 5 rings (SSSR count). The first-order valence-electron chi connectivity index (χ1n) is 11.7. The van der Waals surface area contributed by atoms with Crippen LogP contribution in [0.15, 0.2) is 51.8 Å². The lowest BCUT2D eigenvalue weighted by Crippen LogP contribution is -2.17. The second-order valence-corrected chi connectivity index (χ2v) is 8.87. The first kappa shape index (κ1) is 22.5. The fourth-order valence-corrected chi connectivity index (χ4v) is 4.73. The maximum Gasteiger partial charge on any atom is 0.439 e. The number of nitrogens with zero attached hydrogens (tertiary/aromatic N) is 3. The monoisotopic (exact) mass is 471 g/mol. The zero-order valence-electron chi connectivity index (χ0n) is 19.3. The minimum atomic E-state index is -0.728. The largest absolute Gasteiger partial charge is 0.491 e. The van der Waals surface area contributed by atoms with E-state index in [4.69, 9.17) is 4.74 Å². The molecule has 0 unspecified atom stereocenters. The van der Waals surface area contributed by atoms with Crippen LogP contribution in [0.25, 0.3) is 22.3 Å². The van der Waals surface area contributed by atoms with Crippen LogP contribution < -0.4 is 15.8 Å². The minimum absolute atomic E-state index is 0.123. The molecule has 0 spiro atoms. The van der Waals surface area contributed by atoms with Crippen molar-refractivity contribution in [2.45, 2.75) is 32.1 Å². The van der Waals surface area contributed by atoms with E-state index >= 15 is 0 Å². The Balaban J connectivity index is 1.43. The quantitative estimate of drug-likeness (QED) is 0.423. The first-order chi connectivity index (χ1) is 17.0. The number of aromatic nitrogens is 3. The van der Waals surface area contributed by atoms with Crippen LogP contribution in [-0.2, 0) is 7.05 Å². The number of H-pyrrole nitrogens is 1. The lowest BCUT2D eigenvalue weighted by molar-refractivity contribution is 0.101. The van der Waals surface area contributed by atoms with E-state index in [9.17, 15) is 14.9 Å². The topological polar surface area (TPSA) is 126 Å². The summed E-state index contributed by atoms with van der Waals surface area (Å²) in [7, 11) is 1.83. The van der Waals surface area contributed by atoms with E-state index in [2.05, 4.69) is 20.0 Å². The summed E-state index contributed by atoms with van der Waals surface area (Å²) in [6, 6.07) is 14.4. The number of aromatic amines is 1. The third-order valence-electron chi connectivity index (χ3n) is 6.54. The van der Waals surface area contributed by atoms with Crippen molar-refractivity contribution in [3.05, 3.63) is 64.3 Å². The zero-order valence-corrected chi connectivity index (χ0v) is 19.3. The third kappa shape index (κ3) is 4.55. The smallest absolute Gasteiger partial charge is 0.439 e. The Morgan fingerprint density at radius 1 is 1.26 bits per heavy atom. The van der Waals surface area contributed by atoms with Gasteiger partial charge in [-0.05, 0) is 49.1 Å². The number of anilines is 1. The minimum Gasteiger partial charge on any atom is -0.491 e. The van der Waals surface area contributed by atoms with Crippen LogP contribution in [0.3, 0.4) is 0 Å². The Labute approximate surface area is 201 Å². The summed E-state index contributed by atoms with van der Waals surface area (Å²) in [4.78, 5) is 27.2. The van der Waals surface area contributed by atoms with Crippen molar-refractivity contribution in [3.63, 3.8) is 0 Å². The second kappa shape index (κ2) is 9.50. The Hall–Kier alpha value is -4.32. The zero-order chi connectivity index (χ0) is 24.4. The van der Waals surface area contributed by atoms with Gasteiger partial charge in [-0.2, -0.15) is 5.26 Å². The van der Waals surface area contributed by atoms with E-state index in [1.54, 1.807) is 12.1 Å². The van der Waals surface area contributed by atoms with Gasteiger partial charge in [0.2, 0.25) is 0 Å². The molecule has 1 fully saturated rings. The molecule has 178 valence electrons. The number of rotatable bonds is 6. The van der Waals surface area contributed by atoms with Crippen molar-refractivity contribution in [1.29, 1.82) is 5.26 Å². The molecule has 1 aliphatic carbocycles. The highest BCUT2D eigenvalue weighted by Gasteiger charge is 2.20. The Morgan fingerprint density at radius 3 is 2.83 bits per heavy atom.